The van der Waals surface area contributed by atoms with E-state index >= 15 is 0 Å². The summed E-state index contributed by atoms with van der Waals surface area (Å²) < 4.78 is 5.01. The molecule has 0 radical (unpaired) electrons. The highest BCUT2D eigenvalue weighted by Gasteiger charge is 2.33. The molecule has 0 bridgehead atoms. The largest absolute Gasteiger partial charge is 0.394 e. The highest BCUT2D eigenvalue weighted by molar-refractivity contribution is 6.07. The van der Waals surface area contributed by atoms with Gasteiger partial charge in [0.1, 0.15) is 18.8 Å². The minimum atomic E-state index is -0.600. The summed E-state index contributed by atoms with van der Waals surface area (Å²) >= 11 is 5.68. The first-order valence-corrected chi connectivity index (χ1v) is 14.9. The van der Waals surface area contributed by atoms with Crippen molar-refractivity contribution < 1.29 is 24.2 Å². The van der Waals surface area contributed by atoms with Gasteiger partial charge in [-0.05, 0) is 12.8 Å². The highest BCUT2D eigenvalue weighted by Crippen LogP contribution is 2.29. The Labute approximate surface area is 216 Å². The maximum Gasteiger partial charge on any atom is 0.132 e. The van der Waals surface area contributed by atoms with Gasteiger partial charge in [0.2, 0.25) is 0 Å². The Bertz CT molecular complexity index is 360. The summed E-state index contributed by atoms with van der Waals surface area (Å²) in [5, 5.41) is 13.9. The second-order valence-corrected chi connectivity index (χ2v) is 10.2. The molecule has 0 aromatic carbocycles. The molecular formula is C28H57ClO5. The molecule has 0 heterocycles. The van der Waals surface area contributed by atoms with Gasteiger partial charge in [-0.15, -0.1) is 0 Å². The number of rotatable bonds is 29. The van der Waals surface area contributed by atoms with Crippen LogP contribution in [0.1, 0.15) is 155 Å². The van der Waals surface area contributed by atoms with Gasteiger partial charge in [-0.2, -0.15) is 4.89 Å². The standard InChI is InChI=1S/C28H57ClO5/c1-3-5-7-9-11-13-15-17-19-21-23-28(27-31-29,33-34-32-26-25-30)24-22-20-18-16-14-12-10-8-6-4-2/h30H,3-27H2,1-2H3. The lowest BCUT2D eigenvalue weighted by Crippen LogP contribution is -2.37. The Hall–Kier alpha value is 0.0900. The van der Waals surface area contributed by atoms with Gasteiger partial charge < -0.3 is 5.11 Å². The van der Waals surface area contributed by atoms with Gasteiger partial charge in [0, 0.05) is 0 Å². The van der Waals surface area contributed by atoms with Crippen molar-refractivity contribution in [3.8, 4) is 0 Å². The van der Waals surface area contributed by atoms with E-state index < -0.39 is 5.60 Å². The van der Waals surface area contributed by atoms with E-state index in [2.05, 4.69) is 13.8 Å². The fourth-order valence-corrected chi connectivity index (χ4v) is 4.71. The predicted molar refractivity (Wildman–Crippen MR) is 143 cm³/mol. The van der Waals surface area contributed by atoms with Gasteiger partial charge in [0.05, 0.1) is 18.5 Å². The van der Waals surface area contributed by atoms with Crippen LogP contribution < -0.4 is 0 Å². The van der Waals surface area contributed by atoms with E-state index in [1.807, 2.05) is 0 Å². The lowest BCUT2D eigenvalue weighted by molar-refractivity contribution is -0.547. The van der Waals surface area contributed by atoms with Gasteiger partial charge in [0.15, 0.2) is 0 Å². The monoisotopic (exact) mass is 508 g/mol. The van der Waals surface area contributed by atoms with E-state index in [0.717, 1.165) is 25.7 Å². The van der Waals surface area contributed by atoms with Crippen molar-refractivity contribution in [2.75, 3.05) is 19.8 Å². The molecule has 0 spiro atoms. The quantitative estimate of drug-likeness (QED) is 0.0619. The summed E-state index contributed by atoms with van der Waals surface area (Å²) in [5.41, 5.74) is -0.600. The van der Waals surface area contributed by atoms with E-state index in [0.29, 0.717) is 0 Å². The number of hydrogen-bond donors (Lipinski definition) is 1. The van der Waals surface area contributed by atoms with Crippen molar-refractivity contribution in [1.29, 1.82) is 0 Å². The zero-order chi connectivity index (χ0) is 25.0. The summed E-state index contributed by atoms with van der Waals surface area (Å²) in [5.74, 6) is 0. The SMILES string of the molecule is CCCCCCCCCCCCC(CCCCCCCCCCCC)(COCl)OOOCCO. The number of hydrogen-bond acceptors (Lipinski definition) is 5. The van der Waals surface area contributed by atoms with Crippen molar-refractivity contribution in [2.45, 2.75) is 161 Å². The number of unbranched alkanes of at least 4 members (excludes halogenated alkanes) is 18. The summed E-state index contributed by atoms with van der Waals surface area (Å²) in [6.07, 6.45) is 27.5. The summed E-state index contributed by atoms with van der Waals surface area (Å²) in [6, 6.07) is 0. The van der Waals surface area contributed by atoms with Crippen molar-refractivity contribution in [3.63, 3.8) is 0 Å². The third-order valence-corrected chi connectivity index (χ3v) is 6.83. The van der Waals surface area contributed by atoms with Crippen molar-refractivity contribution >= 4 is 11.9 Å². The molecule has 0 aromatic rings. The maximum absolute atomic E-state index is 8.90. The second-order valence-electron chi connectivity index (χ2n) is 10.00. The Morgan fingerprint density at radius 3 is 1.32 bits per heavy atom. The van der Waals surface area contributed by atoms with Gasteiger partial charge in [0.25, 0.3) is 0 Å². The van der Waals surface area contributed by atoms with Crippen LogP contribution >= 0.6 is 11.9 Å². The number of halogens is 1. The minimum Gasteiger partial charge on any atom is -0.394 e. The van der Waals surface area contributed by atoms with E-state index in [-0.39, 0.29) is 19.8 Å². The third-order valence-electron chi connectivity index (χ3n) is 6.72. The molecule has 0 rings (SSSR count). The van der Waals surface area contributed by atoms with Crippen LogP contribution in [0.15, 0.2) is 0 Å². The topological polar surface area (TPSA) is 57.2 Å². The van der Waals surface area contributed by atoms with Crippen LogP contribution in [-0.2, 0) is 19.1 Å². The van der Waals surface area contributed by atoms with E-state index in [4.69, 9.17) is 36.1 Å². The molecule has 0 aliphatic heterocycles. The molecule has 0 amide bonds. The van der Waals surface area contributed by atoms with E-state index in [1.54, 1.807) is 0 Å². The van der Waals surface area contributed by atoms with Gasteiger partial charge in [-0.3, -0.25) is 4.29 Å². The van der Waals surface area contributed by atoms with E-state index in [1.165, 1.54) is 116 Å². The predicted octanol–water partition coefficient (Wildman–Crippen LogP) is 9.39. The Morgan fingerprint density at radius 1 is 0.588 bits per heavy atom. The zero-order valence-electron chi connectivity index (χ0n) is 22.6. The van der Waals surface area contributed by atoms with Gasteiger partial charge in [-0.25, -0.2) is 4.89 Å². The average molecular weight is 509 g/mol. The van der Waals surface area contributed by atoms with Crippen LogP contribution in [0.2, 0.25) is 0 Å². The maximum atomic E-state index is 8.90. The molecule has 0 atom stereocenters. The smallest absolute Gasteiger partial charge is 0.132 e. The highest BCUT2D eigenvalue weighted by atomic mass is 35.5. The minimum absolute atomic E-state index is 0.0777. The molecule has 0 saturated carbocycles. The molecule has 0 aliphatic carbocycles. The number of aliphatic hydroxyl groups excluding tert-OH is 1. The van der Waals surface area contributed by atoms with Crippen molar-refractivity contribution in [3.05, 3.63) is 0 Å². The van der Waals surface area contributed by atoms with Gasteiger partial charge in [-0.1, -0.05) is 147 Å². The van der Waals surface area contributed by atoms with Crippen LogP contribution in [0.5, 0.6) is 0 Å². The van der Waals surface area contributed by atoms with Crippen LogP contribution in [-0.4, -0.2) is 30.5 Å². The van der Waals surface area contributed by atoms with Crippen LogP contribution in [0.25, 0.3) is 0 Å². The lowest BCUT2D eigenvalue weighted by Gasteiger charge is -2.30. The molecule has 6 heteroatoms. The van der Waals surface area contributed by atoms with Crippen molar-refractivity contribution in [2.24, 2.45) is 0 Å². The Morgan fingerprint density at radius 2 is 0.971 bits per heavy atom. The molecule has 0 saturated heterocycles. The Kier molecular flexibility index (Phi) is 27.7. The molecule has 34 heavy (non-hydrogen) atoms. The third kappa shape index (κ3) is 22.5. The second kappa shape index (κ2) is 27.7. The fourth-order valence-electron chi connectivity index (χ4n) is 4.51. The average Bonchev–Trinajstić information content (AvgIpc) is 2.84. The molecule has 0 unspecified atom stereocenters. The normalized spacial score (nSPS) is 12.0. The van der Waals surface area contributed by atoms with E-state index in [9.17, 15) is 0 Å². The first-order valence-electron chi connectivity index (χ1n) is 14.6. The molecule has 1 N–H and O–H groups in total. The lowest BCUT2D eigenvalue weighted by atomic mass is 9.90. The molecule has 0 aliphatic rings. The Balaban J connectivity index is 4.20. The molecule has 5 nitrogen and oxygen atoms in total. The zero-order valence-corrected chi connectivity index (χ0v) is 23.4. The molecule has 0 fully saturated rings. The summed E-state index contributed by atoms with van der Waals surface area (Å²) in [7, 11) is 0. The first kappa shape index (κ1) is 34.1. The summed E-state index contributed by atoms with van der Waals surface area (Å²) in [4.78, 5) is 10.6. The first-order chi connectivity index (χ1) is 16.7. The van der Waals surface area contributed by atoms with Crippen LogP contribution in [0.4, 0.5) is 0 Å². The van der Waals surface area contributed by atoms with Crippen LogP contribution in [0, 0.1) is 0 Å². The number of aliphatic hydroxyl groups is 1. The molecular weight excluding hydrogens is 452 g/mol. The molecule has 0 aromatic heterocycles. The fraction of sp³-hybridized carbons (Fsp3) is 1.00. The summed E-state index contributed by atoms with van der Waals surface area (Å²) in [6.45, 7) is 4.76. The molecule has 206 valence electrons. The van der Waals surface area contributed by atoms with Crippen molar-refractivity contribution in [1.82, 2.24) is 0 Å². The van der Waals surface area contributed by atoms with Gasteiger partial charge >= 0.3 is 0 Å². The van der Waals surface area contributed by atoms with Crippen LogP contribution in [0.3, 0.4) is 0 Å².